The first-order valence-electron chi connectivity index (χ1n) is 3.56. The van der Waals surface area contributed by atoms with Gasteiger partial charge in [0.1, 0.15) is 0 Å². The summed E-state index contributed by atoms with van der Waals surface area (Å²) in [5.74, 6) is 0. The average molecular weight is 197 g/mol. The average Bonchev–Trinajstić information content (AvgIpc) is 2.45. The van der Waals surface area contributed by atoms with Gasteiger partial charge in [0, 0.05) is 5.39 Å². The molecule has 4 nitrogen and oxygen atoms in total. The zero-order chi connectivity index (χ0) is 9.42. The number of halogens is 1. The zero-order valence-corrected chi connectivity index (χ0v) is 7.19. The van der Waals surface area contributed by atoms with E-state index >= 15 is 0 Å². The minimum Gasteiger partial charge on any atom is -0.463 e. The fraction of sp³-hybridized carbons (Fsp3) is 0. The van der Waals surface area contributed by atoms with Crippen molar-refractivity contribution < 1.29 is 9.90 Å². The third-order valence-electron chi connectivity index (χ3n) is 1.72. The van der Waals surface area contributed by atoms with Gasteiger partial charge in [-0.25, -0.2) is 4.79 Å². The number of nitrogens with zero attached hydrogens (tertiary/aromatic N) is 2. The third-order valence-corrected chi connectivity index (χ3v) is 2.00. The quantitative estimate of drug-likeness (QED) is 0.703. The van der Waals surface area contributed by atoms with E-state index in [-0.39, 0.29) is 5.15 Å². The van der Waals surface area contributed by atoms with Gasteiger partial charge in [-0.3, -0.25) is 0 Å². The first kappa shape index (κ1) is 8.07. The Balaban J connectivity index is 2.85. The molecule has 0 fully saturated rings. The number of hydrogen-bond donors (Lipinski definition) is 1. The fourth-order valence-corrected chi connectivity index (χ4v) is 1.41. The molecule has 0 amide bonds. The molecule has 66 valence electrons. The van der Waals surface area contributed by atoms with Crippen LogP contribution >= 0.6 is 11.6 Å². The van der Waals surface area contributed by atoms with Gasteiger partial charge < -0.3 is 5.11 Å². The van der Waals surface area contributed by atoms with Crippen molar-refractivity contribution in [2.24, 2.45) is 0 Å². The minimum absolute atomic E-state index is 0.206. The molecule has 1 aromatic carbocycles. The van der Waals surface area contributed by atoms with Crippen LogP contribution in [0.4, 0.5) is 4.79 Å². The largest absolute Gasteiger partial charge is 0.463 e. The number of para-hydroxylation sites is 1. The Morgan fingerprint density at radius 2 is 2.15 bits per heavy atom. The van der Waals surface area contributed by atoms with E-state index in [9.17, 15) is 4.79 Å². The highest BCUT2D eigenvalue weighted by molar-refractivity contribution is 6.34. The molecule has 0 atom stereocenters. The summed E-state index contributed by atoms with van der Waals surface area (Å²) in [6.07, 6.45) is -1.14. The second-order valence-corrected chi connectivity index (χ2v) is 2.86. The van der Waals surface area contributed by atoms with Gasteiger partial charge in [-0.2, -0.15) is 4.68 Å². The maximum atomic E-state index is 10.7. The summed E-state index contributed by atoms with van der Waals surface area (Å²) < 4.78 is 0.859. The Hall–Kier alpha value is -1.55. The van der Waals surface area contributed by atoms with Crippen molar-refractivity contribution in [1.29, 1.82) is 0 Å². The lowest BCUT2D eigenvalue weighted by atomic mass is 10.3. The topological polar surface area (TPSA) is 55.1 Å². The molecule has 13 heavy (non-hydrogen) atoms. The summed E-state index contributed by atoms with van der Waals surface area (Å²) in [5, 5.41) is 13.3. The molecule has 0 spiro atoms. The number of rotatable bonds is 0. The smallest absolute Gasteiger partial charge is 0.432 e. The molecular formula is C8H5ClN2O2. The Labute approximate surface area is 78.3 Å². The highest BCUT2D eigenvalue weighted by Crippen LogP contribution is 2.21. The first-order valence-corrected chi connectivity index (χ1v) is 3.94. The van der Waals surface area contributed by atoms with Crippen molar-refractivity contribution in [2.45, 2.75) is 0 Å². The maximum Gasteiger partial charge on any atom is 0.432 e. The molecule has 0 unspecified atom stereocenters. The highest BCUT2D eigenvalue weighted by atomic mass is 35.5. The second kappa shape index (κ2) is 2.74. The van der Waals surface area contributed by atoms with Crippen LogP contribution in [-0.4, -0.2) is 21.0 Å². The number of fused-ring (bicyclic) bond motifs is 1. The highest BCUT2D eigenvalue weighted by Gasteiger charge is 2.11. The molecule has 0 aliphatic rings. The Morgan fingerprint density at radius 3 is 2.85 bits per heavy atom. The molecule has 0 saturated heterocycles. The lowest BCUT2D eigenvalue weighted by molar-refractivity contribution is 0.194. The molecule has 0 aliphatic carbocycles. The van der Waals surface area contributed by atoms with Crippen LogP contribution in [0.1, 0.15) is 0 Å². The van der Waals surface area contributed by atoms with Gasteiger partial charge in [-0.15, -0.1) is 5.10 Å². The maximum absolute atomic E-state index is 10.7. The number of carbonyl (C=O) groups is 1. The van der Waals surface area contributed by atoms with Gasteiger partial charge in [0.15, 0.2) is 5.15 Å². The monoisotopic (exact) mass is 196 g/mol. The van der Waals surface area contributed by atoms with E-state index in [0.29, 0.717) is 10.9 Å². The first-order chi connectivity index (χ1) is 6.20. The predicted octanol–water partition coefficient (Wildman–Crippen LogP) is 2.22. The van der Waals surface area contributed by atoms with Crippen LogP contribution in [0.3, 0.4) is 0 Å². The molecule has 0 aliphatic heterocycles. The van der Waals surface area contributed by atoms with Crippen LogP contribution in [0, 0.1) is 0 Å². The van der Waals surface area contributed by atoms with E-state index < -0.39 is 6.09 Å². The van der Waals surface area contributed by atoms with Crippen molar-refractivity contribution in [2.75, 3.05) is 0 Å². The van der Waals surface area contributed by atoms with Crippen molar-refractivity contribution >= 4 is 28.6 Å². The molecule has 0 radical (unpaired) electrons. The second-order valence-electron chi connectivity index (χ2n) is 2.50. The molecule has 1 N–H and O–H groups in total. The van der Waals surface area contributed by atoms with Gasteiger partial charge >= 0.3 is 6.09 Å². The normalized spacial score (nSPS) is 10.5. The molecule has 0 bridgehead atoms. The van der Waals surface area contributed by atoms with Crippen LogP contribution in [0.15, 0.2) is 24.3 Å². The summed E-state index contributed by atoms with van der Waals surface area (Å²) in [7, 11) is 0. The van der Waals surface area contributed by atoms with Gasteiger partial charge in [0.05, 0.1) is 5.52 Å². The standard InChI is InChI=1S/C8H5ClN2O2/c9-7-5-3-1-2-4-6(5)11(10-7)8(12)13/h1-4H,(H,12,13). The van der Waals surface area contributed by atoms with Crippen molar-refractivity contribution in [1.82, 2.24) is 9.78 Å². The molecule has 2 aromatic rings. The minimum atomic E-state index is -1.14. The molecule has 5 heteroatoms. The van der Waals surface area contributed by atoms with Gasteiger partial charge in [-0.1, -0.05) is 23.7 Å². The SMILES string of the molecule is O=C(O)n1nc(Cl)c2ccccc21. The van der Waals surface area contributed by atoms with E-state index in [0.717, 1.165) is 4.68 Å². The molecular weight excluding hydrogens is 192 g/mol. The van der Waals surface area contributed by atoms with Crippen LogP contribution in [0.25, 0.3) is 10.9 Å². The number of carboxylic acid groups (broad SMARTS) is 1. The van der Waals surface area contributed by atoms with Crippen molar-refractivity contribution in [3.8, 4) is 0 Å². The molecule has 0 saturated carbocycles. The van der Waals surface area contributed by atoms with Gasteiger partial charge in [0.2, 0.25) is 0 Å². The van der Waals surface area contributed by atoms with Crippen molar-refractivity contribution in [3.05, 3.63) is 29.4 Å². The van der Waals surface area contributed by atoms with E-state index in [4.69, 9.17) is 16.7 Å². The van der Waals surface area contributed by atoms with Gasteiger partial charge in [0.25, 0.3) is 0 Å². The Kier molecular flexibility index (Phi) is 1.70. The lowest BCUT2D eigenvalue weighted by Crippen LogP contribution is -2.08. The molecule has 1 aromatic heterocycles. The number of hydrogen-bond acceptors (Lipinski definition) is 2. The lowest BCUT2D eigenvalue weighted by Gasteiger charge is -1.92. The van der Waals surface area contributed by atoms with E-state index in [1.54, 1.807) is 24.3 Å². The number of benzene rings is 1. The number of aromatic nitrogens is 2. The van der Waals surface area contributed by atoms with Crippen LogP contribution in [0.5, 0.6) is 0 Å². The van der Waals surface area contributed by atoms with Crippen molar-refractivity contribution in [3.63, 3.8) is 0 Å². The summed E-state index contributed by atoms with van der Waals surface area (Å²) in [6.45, 7) is 0. The fourth-order valence-electron chi connectivity index (χ4n) is 1.17. The predicted molar refractivity (Wildman–Crippen MR) is 48.2 cm³/mol. The summed E-state index contributed by atoms with van der Waals surface area (Å²) in [6, 6.07) is 6.90. The Bertz CT molecular complexity index is 478. The summed E-state index contributed by atoms with van der Waals surface area (Å²) >= 11 is 5.73. The molecule has 2 rings (SSSR count). The van der Waals surface area contributed by atoms with Crippen LogP contribution in [0.2, 0.25) is 5.15 Å². The van der Waals surface area contributed by atoms with E-state index in [2.05, 4.69) is 5.10 Å². The third kappa shape index (κ3) is 1.15. The summed E-state index contributed by atoms with van der Waals surface area (Å²) in [4.78, 5) is 10.7. The van der Waals surface area contributed by atoms with E-state index in [1.165, 1.54) is 0 Å². The van der Waals surface area contributed by atoms with Crippen LogP contribution in [-0.2, 0) is 0 Å². The van der Waals surface area contributed by atoms with Crippen LogP contribution < -0.4 is 0 Å². The zero-order valence-electron chi connectivity index (χ0n) is 6.44. The van der Waals surface area contributed by atoms with Gasteiger partial charge in [-0.05, 0) is 12.1 Å². The summed E-state index contributed by atoms with van der Waals surface area (Å²) in [5.41, 5.74) is 0.500. The molecule has 1 heterocycles. The Morgan fingerprint density at radius 1 is 1.46 bits per heavy atom. The van der Waals surface area contributed by atoms with E-state index in [1.807, 2.05) is 0 Å².